The normalized spacial score (nSPS) is 23.8. The van der Waals surface area contributed by atoms with E-state index in [-0.39, 0.29) is 5.91 Å². The average molecular weight is 438 g/mol. The van der Waals surface area contributed by atoms with Crippen LogP contribution >= 0.6 is 38.5 Å². The number of hydrogen-bond acceptors (Lipinski definition) is 2. The Hall–Kier alpha value is -0.630. The zero-order chi connectivity index (χ0) is 14.4. The second kappa shape index (κ2) is 5.05. The second-order valence-corrected chi connectivity index (χ2v) is 7.33. The summed E-state index contributed by atoms with van der Waals surface area (Å²) in [7, 11) is 0. The van der Waals surface area contributed by atoms with E-state index in [0.717, 1.165) is 8.04 Å². The second-order valence-electron chi connectivity index (χ2n) is 5.23. The van der Waals surface area contributed by atoms with Crippen LogP contribution in [0.4, 0.5) is 5.69 Å². The zero-order valence-electron chi connectivity index (χ0n) is 10.4. The van der Waals surface area contributed by atoms with Gasteiger partial charge in [0.25, 0.3) is 0 Å². The maximum Gasteiger partial charge on any atom is 0.307 e. The zero-order valence-corrected chi connectivity index (χ0v) is 14.1. The van der Waals surface area contributed by atoms with E-state index < -0.39 is 23.2 Å². The summed E-state index contributed by atoms with van der Waals surface area (Å²) >= 11 is 5.52. The molecule has 1 aliphatic carbocycles. The molecule has 6 heteroatoms. The number of aliphatic carboxylic acids is 1. The number of nitrogens with one attached hydrogen (secondary N) is 1. The van der Waals surface area contributed by atoms with Gasteiger partial charge in [-0.05, 0) is 62.1 Å². The van der Waals surface area contributed by atoms with Crippen LogP contribution in [0.5, 0.6) is 0 Å². The largest absolute Gasteiger partial charge is 0.481 e. The molecule has 0 heterocycles. The molecule has 2 rings (SSSR count). The van der Waals surface area contributed by atoms with Gasteiger partial charge in [0.15, 0.2) is 0 Å². The molecule has 1 aliphatic rings. The van der Waals surface area contributed by atoms with Gasteiger partial charge in [0.05, 0.1) is 17.5 Å². The van der Waals surface area contributed by atoms with Crippen molar-refractivity contribution in [2.45, 2.75) is 13.8 Å². The Kier molecular flexibility index (Phi) is 3.92. The average Bonchev–Trinajstić information content (AvgIpc) is 2.87. The summed E-state index contributed by atoms with van der Waals surface area (Å²) in [6.45, 7) is 3.61. The van der Waals surface area contributed by atoms with Crippen LogP contribution in [0.2, 0.25) is 0 Å². The van der Waals surface area contributed by atoms with Crippen LogP contribution in [-0.2, 0) is 9.59 Å². The van der Waals surface area contributed by atoms with Gasteiger partial charge in [0.1, 0.15) is 0 Å². The highest BCUT2D eigenvalue weighted by atomic mass is 127. The number of halogens is 2. The number of hydrogen-bond donors (Lipinski definition) is 2. The molecule has 0 aromatic heterocycles. The molecule has 2 N–H and O–H groups in total. The molecule has 19 heavy (non-hydrogen) atoms. The number of carbonyl (C=O) groups excluding carboxylic acids is 1. The number of carboxylic acids is 1. The Morgan fingerprint density at radius 2 is 2.00 bits per heavy atom. The first-order valence-electron chi connectivity index (χ1n) is 5.74. The van der Waals surface area contributed by atoms with Gasteiger partial charge in [-0.1, -0.05) is 13.8 Å². The molecular formula is C13H13BrINO3. The van der Waals surface area contributed by atoms with Crippen LogP contribution in [0, 0.1) is 20.8 Å². The number of carbonyl (C=O) groups is 2. The SMILES string of the molecule is CC1(C)C(C(=O)O)C1C(=O)Nc1cc(I)ccc1Br. The highest BCUT2D eigenvalue weighted by Crippen LogP contribution is 2.58. The molecule has 102 valence electrons. The van der Waals surface area contributed by atoms with E-state index in [1.165, 1.54) is 0 Å². The van der Waals surface area contributed by atoms with Crippen LogP contribution in [-0.4, -0.2) is 17.0 Å². The Balaban J connectivity index is 2.15. The van der Waals surface area contributed by atoms with Crippen LogP contribution in [0.15, 0.2) is 22.7 Å². The van der Waals surface area contributed by atoms with Gasteiger partial charge in [0, 0.05) is 8.04 Å². The minimum absolute atomic E-state index is 0.236. The van der Waals surface area contributed by atoms with Gasteiger partial charge in [-0.3, -0.25) is 9.59 Å². The van der Waals surface area contributed by atoms with Gasteiger partial charge in [-0.2, -0.15) is 0 Å². The summed E-state index contributed by atoms with van der Waals surface area (Å²) in [6.07, 6.45) is 0. The Morgan fingerprint density at radius 1 is 1.37 bits per heavy atom. The topological polar surface area (TPSA) is 66.4 Å². The van der Waals surface area contributed by atoms with Gasteiger partial charge in [0.2, 0.25) is 5.91 Å². The summed E-state index contributed by atoms with van der Waals surface area (Å²) < 4.78 is 1.78. The highest BCUT2D eigenvalue weighted by molar-refractivity contribution is 14.1. The van der Waals surface area contributed by atoms with Crippen molar-refractivity contribution in [2.75, 3.05) is 5.32 Å². The Morgan fingerprint density at radius 3 is 2.53 bits per heavy atom. The summed E-state index contributed by atoms with van der Waals surface area (Å²) in [5.41, 5.74) is 0.188. The Bertz CT molecular complexity index is 559. The summed E-state index contributed by atoms with van der Waals surface area (Å²) in [5.74, 6) is -2.23. The number of anilines is 1. The number of carboxylic acid groups (broad SMARTS) is 1. The lowest BCUT2D eigenvalue weighted by Gasteiger charge is -2.08. The lowest BCUT2D eigenvalue weighted by molar-refractivity contribution is -0.140. The fourth-order valence-corrected chi connectivity index (χ4v) is 3.23. The third-order valence-corrected chi connectivity index (χ3v) is 4.92. The van der Waals surface area contributed by atoms with Crippen molar-refractivity contribution in [1.29, 1.82) is 0 Å². The van der Waals surface area contributed by atoms with Crippen LogP contribution in [0.25, 0.3) is 0 Å². The first kappa shape index (κ1) is 14.8. The van der Waals surface area contributed by atoms with Crippen molar-refractivity contribution in [1.82, 2.24) is 0 Å². The van der Waals surface area contributed by atoms with Gasteiger partial charge < -0.3 is 10.4 Å². The summed E-state index contributed by atoms with van der Waals surface area (Å²) in [4.78, 5) is 23.2. The molecule has 0 aliphatic heterocycles. The molecule has 1 aromatic carbocycles. The quantitative estimate of drug-likeness (QED) is 0.712. The minimum atomic E-state index is -0.910. The fraction of sp³-hybridized carbons (Fsp3) is 0.385. The molecular weight excluding hydrogens is 425 g/mol. The van der Waals surface area contributed by atoms with E-state index in [1.807, 2.05) is 18.2 Å². The molecule has 1 amide bonds. The Labute approximate surface area is 133 Å². The molecule has 2 atom stereocenters. The van der Waals surface area contributed by atoms with Crippen LogP contribution in [0.1, 0.15) is 13.8 Å². The summed E-state index contributed by atoms with van der Waals surface area (Å²) in [6, 6.07) is 5.61. The van der Waals surface area contributed by atoms with E-state index in [4.69, 9.17) is 5.11 Å². The van der Waals surface area contributed by atoms with E-state index in [9.17, 15) is 9.59 Å². The lowest BCUT2D eigenvalue weighted by Crippen LogP contribution is -2.18. The smallest absolute Gasteiger partial charge is 0.307 e. The molecule has 0 radical (unpaired) electrons. The molecule has 0 bridgehead atoms. The molecule has 0 spiro atoms. The van der Waals surface area contributed by atoms with Crippen LogP contribution < -0.4 is 5.32 Å². The predicted molar refractivity (Wildman–Crippen MR) is 83.9 cm³/mol. The van der Waals surface area contributed by atoms with Crippen molar-refractivity contribution in [2.24, 2.45) is 17.3 Å². The molecule has 1 fully saturated rings. The first-order chi connectivity index (χ1) is 8.75. The minimum Gasteiger partial charge on any atom is -0.481 e. The van der Waals surface area contributed by atoms with Gasteiger partial charge in [-0.25, -0.2) is 0 Å². The molecule has 4 nitrogen and oxygen atoms in total. The number of benzene rings is 1. The highest BCUT2D eigenvalue weighted by Gasteiger charge is 2.65. The molecule has 1 saturated carbocycles. The van der Waals surface area contributed by atoms with Gasteiger partial charge >= 0.3 is 5.97 Å². The fourth-order valence-electron chi connectivity index (χ4n) is 2.39. The van der Waals surface area contributed by atoms with Crippen molar-refractivity contribution in [3.63, 3.8) is 0 Å². The van der Waals surface area contributed by atoms with Crippen molar-refractivity contribution in [3.8, 4) is 0 Å². The van der Waals surface area contributed by atoms with E-state index in [1.54, 1.807) is 13.8 Å². The van der Waals surface area contributed by atoms with E-state index in [2.05, 4.69) is 43.8 Å². The van der Waals surface area contributed by atoms with E-state index in [0.29, 0.717) is 5.69 Å². The van der Waals surface area contributed by atoms with Gasteiger partial charge in [-0.15, -0.1) is 0 Å². The lowest BCUT2D eigenvalue weighted by atomic mass is 10.1. The van der Waals surface area contributed by atoms with Crippen molar-refractivity contribution < 1.29 is 14.7 Å². The third kappa shape index (κ3) is 2.79. The van der Waals surface area contributed by atoms with Crippen molar-refractivity contribution >= 4 is 56.1 Å². The third-order valence-electron chi connectivity index (χ3n) is 3.56. The predicted octanol–water partition coefficient (Wildman–Crippen LogP) is 3.35. The van der Waals surface area contributed by atoms with Crippen molar-refractivity contribution in [3.05, 3.63) is 26.2 Å². The maximum atomic E-state index is 12.2. The standard InChI is InChI=1S/C13H13BrINO3/c1-13(2)9(10(13)12(18)19)11(17)16-8-5-6(15)3-4-7(8)14/h3-5,9-10H,1-2H3,(H,16,17)(H,18,19). The molecule has 1 aromatic rings. The number of rotatable bonds is 3. The summed E-state index contributed by atoms with van der Waals surface area (Å²) in [5, 5.41) is 11.9. The number of amides is 1. The molecule has 0 saturated heterocycles. The molecule has 2 unspecified atom stereocenters. The maximum absolute atomic E-state index is 12.2. The van der Waals surface area contributed by atoms with Crippen LogP contribution in [0.3, 0.4) is 0 Å². The monoisotopic (exact) mass is 437 g/mol. The first-order valence-corrected chi connectivity index (χ1v) is 7.61. The van der Waals surface area contributed by atoms with E-state index >= 15 is 0 Å².